The van der Waals surface area contributed by atoms with E-state index in [0.717, 1.165) is 5.56 Å². The molecule has 2 N–H and O–H groups in total. The minimum atomic E-state index is -3.88. The molecule has 8 nitrogen and oxygen atoms in total. The lowest BCUT2D eigenvalue weighted by Crippen LogP contribution is -2.42. The fourth-order valence-corrected chi connectivity index (χ4v) is 4.69. The molecule has 1 aromatic heterocycles. The van der Waals surface area contributed by atoms with Crippen molar-refractivity contribution in [1.82, 2.24) is 10.6 Å². The summed E-state index contributed by atoms with van der Waals surface area (Å²) in [6, 6.07) is 16.5. The normalized spacial score (nSPS) is 12.1. The average Bonchev–Trinajstić information content (AvgIpc) is 3.32. The second-order valence-corrected chi connectivity index (χ2v) is 9.20. The van der Waals surface area contributed by atoms with Crippen LogP contribution in [0.25, 0.3) is 0 Å². The van der Waals surface area contributed by atoms with Gasteiger partial charge in [-0.05, 0) is 37.3 Å². The van der Waals surface area contributed by atoms with Crippen LogP contribution in [-0.4, -0.2) is 33.9 Å². The second kappa shape index (κ2) is 10.1. The molecular weight excluding hydrogens is 432 g/mol. The molecule has 0 aliphatic rings. The summed E-state index contributed by atoms with van der Waals surface area (Å²) in [7, 11) is -2.37. The molecule has 3 aromatic rings. The number of carbonyl (C=O) groups is 2. The second-order valence-electron chi connectivity index (χ2n) is 7.07. The predicted molar refractivity (Wildman–Crippen MR) is 118 cm³/mol. The molecule has 2 aromatic carbocycles. The number of para-hydroxylation sites is 1. The minimum Gasteiger partial charge on any atom is -0.496 e. The number of rotatable bonds is 8. The topological polar surface area (TPSA) is 115 Å². The van der Waals surface area contributed by atoms with Gasteiger partial charge in [0.15, 0.2) is 9.84 Å². The van der Waals surface area contributed by atoms with Gasteiger partial charge in [-0.3, -0.25) is 9.59 Å². The van der Waals surface area contributed by atoms with Crippen LogP contribution in [0.15, 0.2) is 76.2 Å². The van der Waals surface area contributed by atoms with Gasteiger partial charge in [-0.15, -0.1) is 0 Å². The first kappa shape index (κ1) is 23.1. The van der Waals surface area contributed by atoms with E-state index in [0.29, 0.717) is 11.3 Å². The third-order valence-corrected chi connectivity index (χ3v) is 6.95. The molecule has 0 saturated carbocycles. The zero-order chi connectivity index (χ0) is 23.1. The van der Waals surface area contributed by atoms with Gasteiger partial charge in [0.25, 0.3) is 0 Å². The molecular formula is C23H24N2O6S. The van der Waals surface area contributed by atoms with Crippen LogP contribution < -0.4 is 15.4 Å². The molecule has 0 aliphatic carbocycles. The first-order valence-corrected chi connectivity index (χ1v) is 11.4. The van der Waals surface area contributed by atoms with Gasteiger partial charge in [-0.2, -0.15) is 0 Å². The van der Waals surface area contributed by atoms with E-state index in [1.165, 1.54) is 31.6 Å². The van der Waals surface area contributed by atoms with E-state index in [9.17, 15) is 18.0 Å². The molecule has 0 fully saturated rings. The molecule has 168 valence electrons. The number of carbonyl (C=O) groups excluding carboxylic acids is 2. The number of sulfone groups is 1. The molecule has 2 amide bonds. The van der Waals surface area contributed by atoms with Crippen molar-refractivity contribution in [3.05, 3.63) is 83.8 Å². The van der Waals surface area contributed by atoms with Crippen molar-refractivity contribution in [2.75, 3.05) is 13.7 Å². The van der Waals surface area contributed by atoms with Crippen LogP contribution in [0.3, 0.4) is 0 Å². The maximum absolute atomic E-state index is 13.2. The zero-order valence-electron chi connectivity index (χ0n) is 17.7. The molecule has 9 heteroatoms. The number of nitrogens with one attached hydrogen (secondary N) is 2. The average molecular weight is 457 g/mol. The van der Waals surface area contributed by atoms with E-state index in [1.807, 2.05) is 6.92 Å². The van der Waals surface area contributed by atoms with Gasteiger partial charge in [0.2, 0.25) is 0 Å². The Morgan fingerprint density at radius 1 is 0.969 bits per heavy atom. The van der Waals surface area contributed by atoms with Gasteiger partial charge in [0.05, 0.1) is 18.3 Å². The number of hydrogen-bond donors (Lipinski definition) is 2. The SMILES string of the molecule is COc1ccccc1CNC(=O)C(=O)NCC(c1ccco1)S(=O)(=O)c1ccc(C)cc1. The van der Waals surface area contributed by atoms with Crippen LogP contribution in [0, 0.1) is 6.92 Å². The van der Waals surface area contributed by atoms with Crippen LogP contribution >= 0.6 is 0 Å². The van der Waals surface area contributed by atoms with Crippen LogP contribution in [0.2, 0.25) is 0 Å². The highest BCUT2D eigenvalue weighted by Gasteiger charge is 2.32. The van der Waals surface area contributed by atoms with Gasteiger partial charge in [0.1, 0.15) is 16.8 Å². The summed E-state index contributed by atoms with van der Waals surface area (Å²) < 4.78 is 36.9. The molecule has 0 saturated heterocycles. The highest BCUT2D eigenvalue weighted by Crippen LogP contribution is 2.29. The molecule has 3 rings (SSSR count). The van der Waals surface area contributed by atoms with Crippen molar-refractivity contribution >= 4 is 21.7 Å². The summed E-state index contributed by atoms with van der Waals surface area (Å²) in [4.78, 5) is 24.7. The first-order chi connectivity index (χ1) is 15.3. The van der Waals surface area contributed by atoms with Crippen molar-refractivity contribution in [2.24, 2.45) is 0 Å². The minimum absolute atomic E-state index is 0.0829. The van der Waals surface area contributed by atoms with Crippen molar-refractivity contribution in [3.63, 3.8) is 0 Å². The van der Waals surface area contributed by atoms with Crippen molar-refractivity contribution in [2.45, 2.75) is 23.6 Å². The number of methoxy groups -OCH3 is 1. The molecule has 1 unspecified atom stereocenters. The molecule has 0 spiro atoms. The molecule has 0 radical (unpaired) electrons. The third kappa shape index (κ3) is 5.36. The Bertz CT molecular complexity index is 1170. The number of ether oxygens (including phenoxy) is 1. The van der Waals surface area contributed by atoms with E-state index >= 15 is 0 Å². The van der Waals surface area contributed by atoms with Gasteiger partial charge in [0, 0.05) is 18.7 Å². The molecule has 0 bridgehead atoms. The Kier molecular flexibility index (Phi) is 7.32. The Morgan fingerprint density at radius 2 is 1.66 bits per heavy atom. The van der Waals surface area contributed by atoms with Crippen LogP contribution in [0.4, 0.5) is 0 Å². The summed E-state index contributed by atoms with van der Waals surface area (Å²) in [5, 5.41) is 3.72. The lowest BCUT2D eigenvalue weighted by atomic mass is 10.2. The highest BCUT2D eigenvalue weighted by atomic mass is 32.2. The Balaban J connectivity index is 1.69. The van der Waals surface area contributed by atoms with Gasteiger partial charge < -0.3 is 19.8 Å². The van der Waals surface area contributed by atoms with Crippen molar-refractivity contribution in [3.8, 4) is 5.75 Å². The third-order valence-electron chi connectivity index (χ3n) is 4.87. The number of benzene rings is 2. The monoisotopic (exact) mass is 456 g/mol. The van der Waals surface area contributed by atoms with Gasteiger partial charge in [-0.25, -0.2) is 8.42 Å². The van der Waals surface area contributed by atoms with E-state index in [1.54, 1.807) is 42.5 Å². The molecule has 32 heavy (non-hydrogen) atoms. The Morgan fingerprint density at radius 3 is 2.31 bits per heavy atom. The number of aryl methyl sites for hydroxylation is 1. The summed E-state index contributed by atoms with van der Waals surface area (Å²) in [5.41, 5.74) is 1.62. The Hall–Kier alpha value is -3.59. The molecule has 1 heterocycles. The van der Waals surface area contributed by atoms with Gasteiger partial charge >= 0.3 is 11.8 Å². The van der Waals surface area contributed by atoms with Gasteiger partial charge in [-0.1, -0.05) is 35.9 Å². The smallest absolute Gasteiger partial charge is 0.309 e. The summed E-state index contributed by atoms with van der Waals surface area (Å²) in [5.74, 6) is -1.09. The van der Waals surface area contributed by atoms with E-state index in [4.69, 9.17) is 9.15 Å². The fourth-order valence-electron chi connectivity index (χ4n) is 3.10. The maximum atomic E-state index is 13.2. The van der Waals surface area contributed by atoms with E-state index in [2.05, 4.69) is 10.6 Å². The summed E-state index contributed by atoms with van der Waals surface area (Å²) in [6.07, 6.45) is 1.36. The standard InChI is InChI=1S/C23H24N2O6S/c1-16-9-11-18(12-10-16)32(28,29)21(20-8-5-13-31-20)15-25-23(27)22(26)24-14-17-6-3-4-7-19(17)30-2/h3-13,21H,14-15H2,1-2H3,(H,24,26)(H,25,27). The van der Waals surface area contributed by atoms with Crippen LogP contribution in [-0.2, 0) is 26.0 Å². The lowest BCUT2D eigenvalue weighted by molar-refractivity contribution is -0.139. The number of furan rings is 1. The number of hydrogen-bond acceptors (Lipinski definition) is 6. The largest absolute Gasteiger partial charge is 0.496 e. The quantitative estimate of drug-likeness (QED) is 0.504. The highest BCUT2D eigenvalue weighted by molar-refractivity contribution is 7.91. The Labute approximate surface area is 186 Å². The van der Waals surface area contributed by atoms with Crippen molar-refractivity contribution < 1.29 is 27.2 Å². The van der Waals surface area contributed by atoms with E-state index in [-0.39, 0.29) is 23.7 Å². The maximum Gasteiger partial charge on any atom is 0.309 e. The molecule has 1 atom stereocenters. The van der Waals surface area contributed by atoms with Crippen LogP contribution in [0.5, 0.6) is 5.75 Å². The summed E-state index contributed by atoms with van der Waals surface area (Å²) in [6.45, 7) is 1.61. The van der Waals surface area contributed by atoms with Crippen LogP contribution in [0.1, 0.15) is 22.1 Å². The summed E-state index contributed by atoms with van der Waals surface area (Å²) >= 11 is 0. The fraction of sp³-hybridized carbons (Fsp3) is 0.217. The first-order valence-electron chi connectivity index (χ1n) is 9.85. The predicted octanol–water partition coefficient (Wildman–Crippen LogP) is 2.54. The number of amides is 2. The lowest BCUT2D eigenvalue weighted by Gasteiger charge is -2.17. The molecule has 0 aliphatic heterocycles. The van der Waals surface area contributed by atoms with Crippen molar-refractivity contribution in [1.29, 1.82) is 0 Å². The zero-order valence-corrected chi connectivity index (χ0v) is 18.5. The van der Waals surface area contributed by atoms with E-state index < -0.39 is 26.9 Å².